The van der Waals surface area contributed by atoms with E-state index in [0.717, 1.165) is 27.1 Å². The third kappa shape index (κ3) is 5.01. The lowest BCUT2D eigenvalue weighted by molar-refractivity contribution is 0.102. The number of carbonyl (C=O) groups excluding carboxylic acids is 1. The zero-order chi connectivity index (χ0) is 27.3. The Morgan fingerprint density at radius 1 is 0.949 bits per heavy atom. The third-order valence-corrected chi connectivity index (χ3v) is 7.61. The molecule has 12 heteroatoms. The number of nitrogens with one attached hydrogen (secondary N) is 2. The normalized spacial score (nSPS) is 11.7. The van der Waals surface area contributed by atoms with Crippen molar-refractivity contribution in [2.24, 2.45) is 10.2 Å². The smallest absolute Gasteiger partial charge is 0.255 e. The second-order valence-corrected chi connectivity index (χ2v) is 10.9. The summed E-state index contributed by atoms with van der Waals surface area (Å²) in [4.78, 5) is 21.8. The molecular weight excluding hydrogens is 555 g/mol. The van der Waals surface area contributed by atoms with Crippen LogP contribution in [0.1, 0.15) is 27.2 Å². The monoisotopic (exact) mass is 574 g/mol. The van der Waals surface area contributed by atoms with Gasteiger partial charge < -0.3 is 5.32 Å². The lowest BCUT2D eigenvalue weighted by Crippen LogP contribution is -2.12. The van der Waals surface area contributed by atoms with Crippen LogP contribution in [0.15, 0.2) is 64.8 Å². The summed E-state index contributed by atoms with van der Waals surface area (Å²) < 4.78 is 2.43. The number of thiazole rings is 1. The van der Waals surface area contributed by atoms with E-state index in [1.807, 2.05) is 63.2 Å². The molecule has 0 spiro atoms. The predicted octanol–water partition coefficient (Wildman–Crippen LogP) is 8.23. The second-order valence-electron chi connectivity index (χ2n) is 9.09. The number of H-pyrrole nitrogens is 1. The van der Waals surface area contributed by atoms with Gasteiger partial charge in [-0.25, -0.2) is 9.97 Å². The third-order valence-electron chi connectivity index (χ3n) is 5.99. The number of aryl methyl sites for hydroxylation is 3. The van der Waals surface area contributed by atoms with Crippen molar-refractivity contribution in [1.82, 2.24) is 24.8 Å². The Morgan fingerprint density at radius 2 is 1.67 bits per heavy atom. The molecule has 3 heterocycles. The summed E-state index contributed by atoms with van der Waals surface area (Å²) >= 11 is 13.6. The Bertz CT molecular complexity index is 1860. The summed E-state index contributed by atoms with van der Waals surface area (Å²) in [6.45, 7) is 5.81. The molecule has 0 aliphatic carbocycles. The highest BCUT2D eigenvalue weighted by Gasteiger charge is 2.16. The maximum atomic E-state index is 12.7. The highest BCUT2D eigenvalue weighted by atomic mass is 35.5. The van der Waals surface area contributed by atoms with Gasteiger partial charge in [0.25, 0.3) is 5.91 Å². The molecule has 9 nitrogen and oxygen atoms in total. The molecule has 2 N–H and O–H groups in total. The number of rotatable bonds is 5. The van der Waals surface area contributed by atoms with Gasteiger partial charge in [-0.2, -0.15) is 4.63 Å². The number of amides is 1. The first-order chi connectivity index (χ1) is 18.7. The molecule has 0 aliphatic heterocycles. The maximum Gasteiger partial charge on any atom is 0.255 e. The van der Waals surface area contributed by atoms with E-state index in [1.165, 1.54) is 11.3 Å². The fourth-order valence-corrected chi connectivity index (χ4v) is 5.42. The van der Waals surface area contributed by atoms with Crippen LogP contribution >= 0.6 is 34.5 Å². The van der Waals surface area contributed by atoms with Crippen molar-refractivity contribution < 1.29 is 4.79 Å². The Hall–Kier alpha value is -4.12. The first-order valence-electron chi connectivity index (χ1n) is 11.9. The lowest BCUT2D eigenvalue weighted by atomic mass is 10.1. The highest BCUT2D eigenvalue weighted by Crippen LogP contribution is 2.35. The summed E-state index contributed by atoms with van der Waals surface area (Å²) in [5, 5.41) is 20.7. The van der Waals surface area contributed by atoms with Gasteiger partial charge in [-0.1, -0.05) is 51.7 Å². The molecule has 0 aliphatic rings. The standard InChI is InChI=1S/C27H20Cl2N8OS/c1-13-8-14(2)10-17(9-13)26(38)30-18-6-4-16(5-7-18)24-32-25-23(15(3)35-37(25)36-24)33-34-27-31-21-11-19(28)20(29)12-22(21)39-27/h4-12,35H,1-3H3,(H,30,38). The fourth-order valence-electron chi connectivity index (χ4n) is 4.22. The number of azo groups is 1. The number of halogens is 2. The Labute approximate surface area is 236 Å². The zero-order valence-electron chi connectivity index (χ0n) is 21.0. The van der Waals surface area contributed by atoms with Crippen molar-refractivity contribution >= 4 is 72.8 Å². The van der Waals surface area contributed by atoms with Gasteiger partial charge in [0.1, 0.15) is 0 Å². The van der Waals surface area contributed by atoms with E-state index in [2.05, 4.69) is 35.7 Å². The van der Waals surface area contributed by atoms with E-state index in [9.17, 15) is 4.79 Å². The second kappa shape index (κ2) is 9.88. The minimum absolute atomic E-state index is 0.159. The molecule has 0 saturated heterocycles. The minimum Gasteiger partial charge on any atom is -0.322 e. The molecule has 0 fully saturated rings. The van der Waals surface area contributed by atoms with E-state index in [-0.39, 0.29) is 5.91 Å². The molecule has 194 valence electrons. The minimum atomic E-state index is -0.159. The summed E-state index contributed by atoms with van der Waals surface area (Å²) in [6.07, 6.45) is 0. The van der Waals surface area contributed by atoms with Crippen LogP contribution in [0.25, 0.3) is 27.3 Å². The van der Waals surface area contributed by atoms with Crippen LogP contribution in [0.5, 0.6) is 0 Å². The van der Waals surface area contributed by atoms with Crippen molar-refractivity contribution in [1.29, 1.82) is 0 Å². The fraction of sp³-hybridized carbons (Fsp3) is 0.111. The first-order valence-corrected chi connectivity index (χ1v) is 13.4. The van der Waals surface area contributed by atoms with E-state index in [4.69, 9.17) is 23.2 Å². The van der Waals surface area contributed by atoms with Crippen molar-refractivity contribution in [3.63, 3.8) is 0 Å². The topological polar surface area (TPSA) is 113 Å². The Kier molecular flexibility index (Phi) is 6.38. The number of aromatic nitrogens is 5. The van der Waals surface area contributed by atoms with Gasteiger partial charge in [-0.3, -0.25) is 9.89 Å². The van der Waals surface area contributed by atoms with Crippen LogP contribution in [-0.2, 0) is 0 Å². The summed E-state index contributed by atoms with van der Waals surface area (Å²) in [5.74, 6) is 0.349. The first kappa shape index (κ1) is 25.2. The highest BCUT2D eigenvalue weighted by molar-refractivity contribution is 7.22. The summed E-state index contributed by atoms with van der Waals surface area (Å²) in [6, 6.07) is 16.6. The Morgan fingerprint density at radius 3 is 2.41 bits per heavy atom. The van der Waals surface area contributed by atoms with Gasteiger partial charge in [-0.05, 0) is 69.3 Å². The van der Waals surface area contributed by atoms with Gasteiger partial charge in [0, 0.05) is 16.8 Å². The molecule has 6 aromatic rings. The van der Waals surface area contributed by atoms with E-state index >= 15 is 0 Å². The van der Waals surface area contributed by atoms with Crippen molar-refractivity contribution in [2.45, 2.75) is 20.8 Å². The van der Waals surface area contributed by atoms with Crippen LogP contribution in [-0.4, -0.2) is 30.7 Å². The average Bonchev–Trinajstić information content (AvgIpc) is 3.55. The molecular formula is C27H20Cl2N8OS. The number of anilines is 1. The van der Waals surface area contributed by atoms with E-state index in [1.54, 1.807) is 16.8 Å². The number of aromatic amines is 1. The zero-order valence-corrected chi connectivity index (χ0v) is 23.3. The molecule has 0 radical (unpaired) electrons. The Balaban J connectivity index is 1.23. The number of hydrogen-bond acceptors (Lipinski definition) is 7. The van der Waals surface area contributed by atoms with E-state index in [0.29, 0.717) is 49.1 Å². The largest absolute Gasteiger partial charge is 0.322 e. The molecule has 3 aromatic heterocycles. The molecule has 0 unspecified atom stereocenters. The van der Waals surface area contributed by atoms with Gasteiger partial charge in [0.05, 0.1) is 26.0 Å². The van der Waals surface area contributed by atoms with E-state index < -0.39 is 0 Å². The van der Waals surface area contributed by atoms with Crippen LogP contribution in [0.4, 0.5) is 16.5 Å². The van der Waals surface area contributed by atoms with Crippen LogP contribution in [0, 0.1) is 20.8 Å². The molecule has 0 saturated carbocycles. The number of nitrogens with zero attached hydrogens (tertiary/aromatic N) is 6. The van der Waals surface area contributed by atoms with Crippen molar-refractivity contribution in [3.8, 4) is 11.4 Å². The average molecular weight is 575 g/mol. The van der Waals surface area contributed by atoms with Gasteiger partial charge in [0.15, 0.2) is 11.5 Å². The molecule has 6 rings (SSSR count). The number of fused-ring (bicyclic) bond motifs is 2. The number of benzene rings is 3. The maximum absolute atomic E-state index is 12.7. The number of carbonyl (C=O) groups is 1. The van der Waals surface area contributed by atoms with Gasteiger partial charge in [0.2, 0.25) is 10.8 Å². The summed E-state index contributed by atoms with van der Waals surface area (Å²) in [7, 11) is 0. The lowest BCUT2D eigenvalue weighted by Gasteiger charge is -2.07. The summed E-state index contributed by atoms with van der Waals surface area (Å²) in [5.41, 5.74) is 6.73. The van der Waals surface area contributed by atoms with Crippen LogP contribution in [0.3, 0.4) is 0 Å². The molecule has 0 atom stereocenters. The van der Waals surface area contributed by atoms with Crippen molar-refractivity contribution in [2.75, 3.05) is 5.32 Å². The quantitative estimate of drug-likeness (QED) is 0.202. The van der Waals surface area contributed by atoms with Crippen LogP contribution in [0.2, 0.25) is 10.0 Å². The molecule has 3 aromatic carbocycles. The van der Waals surface area contributed by atoms with Gasteiger partial charge >= 0.3 is 0 Å². The van der Waals surface area contributed by atoms with Crippen molar-refractivity contribution in [3.05, 3.63) is 87.0 Å². The molecule has 0 bridgehead atoms. The number of hydrogen-bond donors (Lipinski definition) is 2. The predicted molar refractivity (Wildman–Crippen MR) is 155 cm³/mol. The SMILES string of the molecule is Cc1cc(C)cc(C(=O)Nc2ccc(-c3nc4c(N=Nc5nc6cc(Cl)c(Cl)cc6s5)c(C)[nH]n4n3)cc2)c1. The van der Waals surface area contributed by atoms with Crippen LogP contribution < -0.4 is 5.32 Å². The van der Waals surface area contributed by atoms with Gasteiger partial charge in [-0.15, -0.1) is 15.3 Å². The molecule has 1 amide bonds. The molecule has 39 heavy (non-hydrogen) atoms.